The molecule has 0 fully saturated rings. The van der Waals surface area contributed by atoms with Crippen LogP contribution in [0.1, 0.15) is 12.7 Å². The van der Waals surface area contributed by atoms with Gasteiger partial charge < -0.3 is 19.3 Å². The first-order valence-electron chi connectivity index (χ1n) is 8.60. The number of nitrogens with one attached hydrogen (secondary N) is 1. The van der Waals surface area contributed by atoms with Crippen molar-refractivity contribution in [3.63, 3.8) is 0 Å². The van der Waals surface area contributed by atoms with Gasteiger partial charge in [-0.25, -0.2) is 0 Å². The number of hydrogen-bond donors (Lipinski definition) is 1. The molecule has 0 amide bonds. The molecule has 1 aromatic heterocycles. The summed E-state index contributed by atoms with van der Waals surface area (Å²) < 4.78 is 16.4. The Morgan fingerprint density at radius 3 is 2.52 bits per heavy atom. The lowest BCUT2D eigenvalue weighted by Gasteiger charge is -2.09. The predicted octanol–water partition coefficient (Wildman–Crippen LogP) is 4.02. The number of aromatic nitrogens is 2. The third kappa shape index (κ3) is 5.43. The summed E-state index contributed by atoms with van der Waals surface area (Å²) in [5.41, 5.74) is 0.251. The lowest BCUT2D eigenvalue weighted by atomic mass is 10.1. The van der Waals surface area contributed by atoms with Crippen LogP contribution in [0.5, 0.6) is 17.2 Å². The fraction of sp³-hybridized carbons (Fsp3) is 0.263. The molecule has 3 rings (SSSR count). The summed E-state index contributed by atoms with van der Waals surface area (Å²) in [7, 11) is 3.42. The van der Waals surface area contributed by atoms with Crippen LogP contribution >= 0.6 is 12.4 Å². The molecule has 0 saturated carbocycles. The van der Waals surface area contributed by atoms with Crippen molar-refractivity contribution in [1.82, 2.24) is 15.5 Å². The van der Waals surface area contributed by atoms with E-state index in [4.69, 9.17) is 14.0 Å². The molecule has 0 aliphatic carbocycles. The Bertz CT molecular complexity index is 961. The van der Waals surface area contributed by atoms with E-state index in [9.17, 15) is 10.1 Å². The molecule has 10 heteroatoms. The van der Waals surface area contributed by atoms with Crippen LogP contribution in [0.15, 0.2) is 47.0 Å². The van der Waals surface area contributed by atoms with Gasteiger partial charge in [-0.05, 0) is 44.3 Å². The Morgan fingerprint density at radius 1 is 1.21 bits per heavy atom. The highest BCUT2D eigenvalue weighted by Gasteiger charge is 2.20. The van der Waals surface area contributed by atoms with E-state index in [0.29, 0.717) is 35.1 Å². The van der Waals surface area contributed by atoms with Crippen LogP contribution in [0.2, 0.25) is 0 Å². The fourth-order valence-corrected chi connectivity index (χ4v) is 2.48. The first kappa shape index (κ1) is 22.1. The summed E-state index contributed by atoms with van der Waals surface area (Å²) in [5.74, 6) is 2.26. The molecule has 1 unspecified atom stereocenters. The molecule has 9 nitrogen and oxygen atoms in total. The Morgan fingerprint density at radius 2 is 1.90 bits per heavy atom. The van der Waals surface area contributed by atoms with Crippen LogP contribution < -0.4 is 14.8 Å². The second-order valence-electron chi connectivity index (χ2n) is 6.12. The van der Waals surface area contributed by atoms with E-state index in [0.717, 1.165) is 0 Å². The molecule has 1 atom stereocenters. The number of nitro groups is 1. The minimum Gasteiger partial charge on any atom is -0.497 e. The van der Waals surface area contributed by atoms with Crippen molar-refractivity contribution in [2.24, 2.45) is 0 Å². The molecule has 0 aliphatic rings. The van der Waals surface area contributed by atoms with E-state index < -0.39 is 4.92 Å². The quantitative estimate of drug-likeness (QED) is 0.429. The maximum absolute atomic E-state index is 11.2. The van der Waals surface area contributed by atoms with Crippen molar-refractivity contribution in [1.29, 1.82) is 0 Å². The van der Waals surface area contributed by atoms with E-state index in [1.54, 1.807) is 31.4 Å². The molecule has 0 saturated heterocycles. The number of nitro benzene ring substituents is 1. The van der Waals surface area contributed by atoms with Crippen LogP contribution in [0.4, 0.5) is 5.69 Å². The molecular weight excluding hydrogens is 400 g/mol. The zero-order chi connectivity index (χ0) is 20.1. The summed E-state index contributed by atoms with van der Waals surface area (Å²) in [4.78, 5) is 15.1. The van der Waals surface area contributed by atoms with E-state index >= 15 is 0 Å². The van der Waals surface area contributed by atoms with Crippen LogP contribution in [-0.2, 0) is 6.42 Å². The first-order valence-corrected chi connectivity index (χ1v) is 8.60. The standard InChI is InChI=1S/C19H20N4O5.ClH/c1-12(20-2)10-18-21-19(28-22-18)16-11-13(23(24)25)4-9-17(16)27-15-7-5-14(26-3)6-8-15;/h4-9,11-12,20H,10H2,1-3H3;1H. The molecule has 0 aliphatic heterocycles. The molecule has 1 N–H and O–H groups in total. The maximum atomic E-state index is 11.2. The van der Waals surface area contributed by atoms with Crippen molar-refractivity contribution < 1.29 is 18.9 Å². The number of rotatable bonds is 8. The zero-order valence-corrected chi connectivity index (χ0v) is 16.9. The topological polar surface area (TPSA) is 113 Å². The van der Waals surface area contributed by atoms with Gasteiger partial charge in [0.25, 0.3) is 11.6 Å². The van der Waals surface area contributed by atoms with Gasteiger partial charge in [0.15, 0.2) is 5.82 Å². The van der Waals surface area contributed by atoms with Crippen molar-refractivity contribution >= 4 is 18.1 Å². The molecule has 0 bridgehead atoms. The lowest BCUT2D eigenvalue weighted by molar-refractivity contribution is -0.384. The van der Waals surface area contributed by atoms with Crippen molar-refractivity contribution in [3.05, 3.63) is 58.4 Å². The van der Waals surface area contributed by atoms with Crippen LogP contribution in [0.25, 0.3) is 11.5 Å². The molecule has 154 valence electrons. The number of methoxy groups -OCH3 is 1. The van der Waals surface area contributed by atoms with Gasteiger partial charge in [0.2, 0.25) is 0 Å². The Hall–Kier alpha value is -3.17. The first-order chi connectivity index (χ1) is 13.5. The van der Waals surface area contributed by atoms with Gasteiger partial charge in [0.05, 0.1) is 17.6 Å². The highest BCUT2D eigenvalue weighted by Crippen LogP contribution is 2.35. The Kier molecular flexibility index (Phi) is 7.52. The summed E-state index contributed by atoms with van der Waals surface area (Å²) in [6.45, 7) is 1.99. The smallest absolute Gasteiger partial charge is 0.270 e. The molecule has 0 spiro atoms. The minimum absolute atomic E-state index is 0. The molecule has 0 radical (unpaired) electrons. The minimum atomic E-state index is -0.485. The van der Waals surface area contributed by atoms with Gasteiger partial charge in [-0.1, -0.05) is 5.16 Å². The normalized spacial score (nSPS) is 11.4. The maximum Gasteiger partial charge on any atom is 0.270 e. The average molecular weight is 421 g/mol. The zero-order valence-electron chi connectivity index (χ0n) is 16.1. The lowest BCUT2D eigenvalue weighted by Crippen LogP contribution is -2.24. The van der Waals surface area contributed by atoms with Crippen LogP contribution in [-0.4, -0.2) is 35.3 Å². The largest absolute Gasteiger partial charge is 0.497 e. The van der Waals surface area contributed by atoms with Gasteiger partial charge in [-0.15, -0.1) is 12.4 Å². The van der Waals surface area contributed by atoms with Gasteiger partial charge in [-0.3, -0.25) is 10.1 Å². The number of ether oxygens (including phenoxy) is 2. The number of likely N-dealkylation sites (N-methyl/N-ethyl adjacent to an activating group) is 1. The van der Waals surface area contributed by atoms with Crippen molar-refractivity contribution in [3.8, 4) is 28.7 Å². The Labute approximate surface area is 173 Å². The number of benzene rings is 2. The molecular formula is C19H21ClN4O5. The SMILES string of the molecule is CNC(C)Cc1noc(-c2cc([N+](=O)[O-])ccc2Oc2ccc(OC)cc2)n1.Cl. The van der Waals surface area contributed by atoms with Gasteiger partial charge in [0.1, 0.15) is 17.2 Å². The number of halogens is 1. The van der Waals surface area contributed by atoms with E-state index in [1.165, 1.54) is 18.2 Å². The second-order valence-corrected chi connectivity index (χ2v) is 6.12. The third-order valence-corrected chi connectivity index (χ3v) is 4.14. The molecule has 3 aromatic rings. The summed E-state index contributed by atoms with van der Waals surface area (Å²) in [5, 5.41) is 18.2. The highest BCUT2D eigenvalue weighted by atomic mass is 35.5. The summed E-state index contributed by atoms with van der Waals surface area (Å²) in [6.07, 6.45) is 0.559. The van der Waals surface area contributed by atoms with Gasteiger partial charge in [-0.2, -0.15) is 4.98 Å². The fourth-order valence-electron chi connectivity index (χ4n) is 2.48. The summed E-state index contributed by atoms with van der Waals surface area (Å²) >= 11 is 0. The number of non-ortho nitro benzene ring substituents is 1. The number of nitrogens with zero attached hydrogens (tertiary/aromatic N) is 3. The summed E-state index contributed by atoms with van der Waals surface area (Å²) in [6, 6.07) is 11.4. The van der Waals surface area contributed by atoms with Crippen molar-refractivity contribution in [2.45, 2.75) is 19.4 Å². The molecule has 29 heavy (non-hydrogen) atoms. The molecule has 1 heterocycles. The van der Waals surface area contributed by atoms with Crippen LogP contribution in [0.3, 0.4) is 0 Å². The van der Waals surface area contributed by atoms with Gasteiger partial charge in [0, 0.05) is 24.6 Å². The highest BCUT2D eigenvalue weighted by molar-refractivity contribution is 5.85. The van der Waals surface area contributed by atoms with E-state index in [2.05, 4.69) is 15.5 Å². The Balaban J connectivity index is 0.00000300. The van der Waals surface area contributed by atoms with E-state index in [-0.39, 0.29) is 30.0 Å². The molecule has 2 aromatic carbocycles. The second kappa shape index (κ2) is 9.85. The monoisotopic (exact) mass is 420 g/mol. The van der Waals surface area contributed by atoms with Crippen LogP contribution in [0, 0.1) is 10.1 Å². The van der Waals surface area contributed by atoms with E-state index in [1.807, 2.05) is 14.0 Å². The average Bonchev–Trinajstić information content (AvgIpc) is 3.16. The number of hydrogen-bond acceptors (Lipinski definition) is 8. The predicted molar refractivity (Wildman–Crippen MR) is 109 cm³/mol. The third-order valence-electron chi connectivity index (χ3n) is 4.14. The van der Waals surface area contributed by atoms with Gasteiger partial charge >= 0.3 is 0 Å². The van der Waals surface area contributed by atoms with Crippen molar-refractivity contribution in [2.75, 3.05) is 14.2 Å².